The summed E-state index contributed by atoms with van der Waals surface area (Å²) in [6.45, 7) is 0.683. The van der Waals surface area contributed by atoms with Crippen LogP contribution in [0.2, 0.25) is 5.02 Å². The number of carbonyl (C=O) groups is 1. The second-order valence-electron chi connectivity index (χ2n) is 5.90. The molecule has 0 spiro atoms. The molecule has 2 aromatic carbocycles. The third-order valence-corrected chi connectivity index (χ3v) is 4.43. The maximum atomic E-state index is 12.1. The molecule has 3 nitrogen and oxygen atoms in total. The van der Waals surface area contributed by atoms with Gasteiger partial charge < -0.3 is 10.1 Å². The Bertz CT molecular complexity index is 634. The quantitative estimate of drug-likeness (QED) is 0.888. The number of ether oxygens (including phenoxy) is 1. The standard InChI is InChI=1S/C19H20ClNO2/c20-16-7-9-17(10-8-16)21-19(22)12-18-11-6-15(13-23-18)14-4-2-1-3-5-14/h1-5,7-10,15,18H,6,11-13H2,(H,21,22)/t15?,18-/m1/s1. The SMILES string of the molecule is O=C(C[C@H]1CCC(c2ccccc2)CO1)Nc1ccc(Cl)cc1. The Morgan fingerprint density at radius 3 is 2.48 bits per heavy atom. The Morgan fingerprint density at radius 1 is 1.09 bits per heavy atom. The summed E-state index contributed by atoms with van der Waals surface area (Å²) in [5, 5.41) is 3.54. The normalized spacial score (nSPS) is 20.9. The Labute approximate surface area is 141 Å². The summed E-state index contributed by atoms with van der Waals surface area (Å²) in [7, 11) is 0. The molecular weight excluding hydrogens is 310 g/mol. The molecule has 0 aromatic heterocycles. The zero-order chi connectivity index (χ0) is 16.1. The van der Waals surface area contributed by atoms with Crippen molar-refractivity contribution in [1.82, 2.24) is 0 Å². The Hall–Kier alpha value is -1.84. The Morgan fingerprint density at radius 2 is 1.83 bits per heavy atom. The second-order valence-corrected chi connectivity index (χ2v) is 6.34. The highest BCUT2D eigenvalue weighted by molar-refractivity contribution is 6.30. The lowest BCUT2D eigenvalue weighted by Crippen LogP contribution is -2.29. The van der Waals surface area contributed by atoms with Gasteiger partial charge in [-0.15, -0.1) is 0 Å². The van der Waals surface area contributed by atoms with Crippen LogP contribution in [0.15, 0.2) is 54.6 Å². The first-order valence-electron chi connectivity index (χ1n) is 7.92. The molecule has 23 heavy (non-hydrogen) atoms. The molecule has 2 atom stereocenters. The van der Waals surface area contributed by atoms with Crippen molar-refractivity contribution in [3.05, 3.63) is 65.2 Å². The van der Waals surface area contributed by atoms with Crippen molar-refractivity contribution in [2.75, 3.05) is 11.9 Å². The number of amides is 1. The van der Waals surface area contributed by atoms with E-state index < -0.39 is 0 Å². The molecule has 1 aliphatic rings. The fourth-order valence-electron chi connectivity index (χ4n) is 2.91. The van der Waals surface area contributed by atoms with Crippen molar-refractivity contribution in [1.29, 1.82) is 0 Å². The highest BCUT2D eigenvalue weighted by Gasteiger charge is 2.24. The molecular formula is C19H20ClNO2. The van der Waals surface area contributed by atoms with E-state index in [2.05, 4.69) is 29.6 Å². The van der Waals surface area contributed by atoms with Crippen molar-refractivity contribution in [3.63, 3.8) is 0 Å². The van der Waals surface area contributed by atoms with E-state index in [-0.39, 0.29) is 12.0 Å². The summed E-state index contributed by atoms with van der Waals surface area (Å²) >= 11 is 5.84. The zero-order valence-electron chi connectivity index (χ0n) is 12.9. The van der Waals surface area contributed by atoms with E-state index in [4.69, 9.17) is 16.3 Å². The van der Waals surface area contributed by atoms with E-state index in [1.807, 2.05) is 6.07 Å². The van der Waals surface area contributed by atoms with E-state index in [1.54, 1.807) is 24.3 Å². The van der Waals surface area contributed by atoms with Crippen molar-refractivity contribution >= 4 is 23.2 Å². The minimum absolute atomic E-state index is 0.00209. The molecule has 1 saturated heterocycles. The van der Waals surface area contributed by atoms with Gasteiger partial charge in [-0.1, -0.05) is 41.9 Å². The molecule has 1 aliphatic heterocycles. The summed E-state index contributed by atoms with van der Waals surface area (Å²) in [5.41, 5.74) is 2.08. The molecule has 0 aliphatic carbocycles. The molecule has 0 bridgehead atoms. The Balaban J connectivity index is 1.47. The first kappa shape index (κ1) is 16.0. The van der Waals surface area contributed by atoms with Crippen LogP contribution in [0, 0.1) is 0 Å². The predicted molar refractivity (Wildman–Crippen MR) is 92.9 cm³/mol. The molecule has 3 rings (SSSR count). The van der Waals surface area contributed by atoms with Gasteiger partial charge >= 0.3 is 0 Å². The van der Waals surface area contributed by atoms with E-state index >= 15 is 0 Å². The molecule has 1 N–H and O–H groups in total. The van der Waals surface area contributed by atoms with Crippen molar-refractivity contribution in [3.8, 4) is 0 Å². The van der Waals surface area contributed by atoms with Crippen molar-refractivity contribution in [2.45, 2.75) is 31.3 Å². The fraction of sp³-hybridized carbons (Fsp3) is 0.316. The molecule has 1 amide bonds. The number of nitrogens with one attached hydrogen (secondary N) is 1. The fourth-order valence-corrected chi connectivity index (χ4v) is 3.03. The van der Waals surface area contributed by atoms with Gasteiger partial charge in [0.25, 0.3) is 0 Å². The Kier molecular flexibility index (Phi) is 5.31. The smallest absolute Gasteiger partial charge is 0.226 e. The van der Waals surface area contributed by atoms with Crippen LogP contribution in [0.1, 0.15) is 30.7 Å². The molecule has 120 valence electrons. The topological polar surface area (TPSA) is 38.3 Å². The number of halogens is 1. The molecule has 1 heterocycles. The van der Waals surface area contributed by atoms with E-state index in [9.17, 15) is 4.79 Å². The molecule has 0 radical (unpaired) electrons. The van der Waals surface area contributed by atoms with Crippen LogP contribution in [0.25, 0.3) is 0 Å². The lowest BCUT2D eigenvalue weighted by molar-refractivity contribution is -0.120. The van der Waals surface area contributed by atoms with Crippen LogP contribution in [0.4, 0.5) is 5.69 Å². The minimum atomic E-state index is -0.0181. The van der Waals surface area contributed by atoms with Gasteiger partial charge in [0.05, 0.1) is 19.1 Å². The summed E-state index contributed by atoms with van der Waals surface area (Å²) in [5.74, 6) is 0.419. The predicted octanol–water partition coefficient (Wildman–Crippen LogP) is 4.63. The average Bonchev–Trinajstić information content (AvgIpc) is 2.58. The lowest BCUT2D eigenvalue weighted by atomic mass is 9.90. The summed E-state index contributed by atoms with van der Waals surface area (Å²) in [6, 6.07) is 17.5. The summed E-state index contributed by atoms with van der Waals surface area (Å²) < 4.78 is 5.89. The van der Waals surface area contributed by atoms with Gasteiger partial charge in [-0.25, -0.2) is 0 Å². The number of hydrogen-bond donors (Lipinski definition) is 1. The number of hydrogen-bond acceptors (Lipinski definition) is 2. The zero-order valence-corrected chi connectivity index (χ0v) is 13.6. The lowest BCUT2D eigenvalue weighted by Gasteiger charge is -2.29. The van der Waals surface area contributed by atoms with E-state index in [0.29, 0.717) is 24.0 Å². The summed E-state index contributed by atoms with van der Waals surface area (Å²) in [6.07, 6.45) is 2.36. The average molecular weight is 330 g/mol. The maximum absolute atomic E-state index is 12.1. The van der Waals surface area contributed by atoms with Crippen molar-refractivity contribution in [2.24, 2.45) is 0 Å². The third-order valence-electron chi connectivity index (χ3n) is 4.18. The molecule has 4 heteroatoms. The molecule has 1 fully saturated rings. The largest absolute Gasteiger partial charge is 0.377 e. The van der Waals surface area contributed by atoms with Gasteiger partial charge in [-0.05, 0) is 42.7 Å². The number of anilines is 1. The first-order valence-corrected chi connectivity index (χ1v) is 8.30. The minimum Gasteiger partial charge on any atom is -0.377 e. The number of benzene rings is 2. The number of rotatable bonds is 4. The monoisotopic (exact) mass is 329 g/mol. The molecule has 0 saturated carbocycles. The molecule has 2 aromatic rings. The highest BCUT2D eigenvalue weighted by Crippen LogP contribution is 2.29. The molecule has 1 unspecified atom stereocenters. The maximum Gasteiger partial charge on any atom is 0.226 e. The highest BCUT2D eigenvalue weighted by atomic mass is 35.5. The van der Waals surface area contributed by atoms with Crippen LogP contribution in [0.3, 0.4) is 0 Å². The second kappa shape index (κ2) is 7.62. The van der Waals surface area contributed by atoms with Crippen LogP contribution in [-0.2, 0) is 9.53 Å². The summed E-state index contributed by atoms with van der Waals surface area (Å²) in [4.78, 5) is 12.1. The van der Waals surface area contributed by atoms with Crippen LogP contribution < -0.4 is 5.32 Å². The van der Waals surface area contributed by atoms with E-state index in [1.165, 1.54) is 5.56 Å². The van der Waals surface area contributed by atoms with Crippen LogP contribution >= 0.6 is 11.6 Å². The van der Waals surface area contributed by atoms with Gasteiger partial charge in [0, 0.05) is 16.6 Å². The number of carbonyl (C=O) groups excluding carboxylic acids is 1. The third kappa shape index (κ3) is 4.57. The van der Waals surface area contributed by atoms with Crippen molar-refractivity contribution < 1.29 is 9.53 Å². The first-order chi connectivity index (χ1) is 11.2. The van der Waals surface area contributed by atoms with Crippen LogP contribution in [-0.4, -0.2) is 18.6 Å². The van der Waals surface area contributed by atoms with Gasteiger partial charge in [-0.2, -0.15) is 0 Å². The van der Waals surface area contributed by atoms with Crippen LogP contribution in [0.5, 0.6) is 0 Å². The van der Waals surface area contributed by atoms with Gasteiger partial charge in [0.1, 0.15) is 0 Å². The van der Waals surface area contributed by atoms with Gasteiger partial charge in [0.2, 0.25) is 5.91 Å². The van der Waals surface area contributed by atoms with Gasteiger partial charge in [0.15, 0.2) is 0 Å². The van der Waals surface area contributed by atoms with E-state index in [0.717, 1.165) is 18.5 Å². The van der Waals surface area contributed by atoms with Gasteiger partial charge in [-0.3, -0.25) is 4.79 Å².